The van der Waals surface area contributed by atoms with Gasteiger partial charge in [-0.2, -0.15) is 4.98 Å². The first-order valence-electron chi connectivity index (χ1n) is 6.12. The molecular weight excluding hydrogens is 306 g/mol. The fourth-order valence-electron chi connectivity index (χ4n) is 1.83. The number of hydrogen-bond acceptors (Lipinski definition) is 4. The van der Waals surface area contributed by atoms with Crippen molar-refractivity contribution >= 4 is 26.8 Å². The van der Waals surface area contributed by atoms with E-state index in [-0.39, 0.29) is 4.83 Å². The zero-order valence-corrected chi connectivity index (χ0v) is 12.0. The largest absolute Gasteiger partial charge is 0.338 e. The number of fused-ring (bicyclic) bond motifs is 1. The maximum absolute atomic E-state index is 5.24. The molecule has 0 aliphatic heterocycles. The second-order valence-corrected chi connectivity index (χ2v) is 5.33. The van der Waals surface area contributed by atoms with Gasteiger partial charge in [0.2, 0.25) is 11.7 Å². The molecule has 2 aromatic heterocycles. The molecule has 1 aromatic carbocycles. The highest BCUT2D eigenvalue weighted by Gasteiger charge is 2.15. The van der Waals surface area contributed by atoms with E-state index in [1.54, 1.807) is 0 Å². The Morgan fingerprint density at radius 2 is 2.00 bits per heavy atom. The van der Waals surface area contributed by atoms with Crippen molar-refractivity contribution in [2.45, 2.75) is 18.2 Å². The van der Waals surface area contributed by atoms with Crippen LogP contribution in [0.15, 0.2) is 40.9 Å². The number of halogens is 1. The number of aromatic nitrogens is 3. The summed E-state index contributed by atoms with van der Waals surface area (Å²) < 4.78 is 5.24. The van der Waals surface area contributed by atoms with E-state index in [0.717, 1.165) is 23.0 Å². The first-order valence-corrected chi connectivity index (χ1v) is 7.03. The van der Waals surface area contributed by atoms with E-state index in [0.29, 0.717) is 11.7 Å². The lowest BCUT2D eigenvalue weighted by Gasteiger charge is -1.98. The van der Waals surface area contributed by atoms with Gasteiger partial charge in [-0.05, 0) is 18.6 Å². The van der Waals surface area contributed by atoms with Crippen LogP contribution in [0.25, 0.3) is 22.4 Å². The van der Waals surface area contributed by atoms with Gasteiger partial charge in [-0.1, -0.05) is 52.3 Å². The number of benzene rings is 1. The summed E-state index contributed by atoms with van der Waals surface area (Å²) in [5.41, 5.74) is 1.65. The predicted octanol–water partition coefficient (Wildman–Crippen LogP) is 4.13. The van der Waals surface area contributed by atoms with Crippen LogP contribution in [-0.2, 0) is 0 Å². The van der Waals surface area contributed by atoms with Gasteiger partial charge in [0.1, 0.15) is 5.69 Å². The van der Waals surface area contributed by atoms with Gasteiger partial charge in [0.25, 0.3) is 0 Å². The highest BCUT2D eigenvalue weighted by atomic mass is 79.9. The molecule has 3 rings (SSSR count). The second kappa shape index (κ2) is 5.09. The summed E-state index contributed by atoms with van der Waals surface area (Å²) in [5, 5.41) is 5.08. The minimum atomic E-state index is 0.0919. The summed E-state index contributed by atoms with van der Waals surface area (Å²) in [6, 6.07) is 11.9. The fraction of sp³-hybridized carbons (Fsp3) is 0.214. The van der Waals surface area contributed by atoms with Gasteiger partial charge in [-0.3, -0.25) is 0 Å². The van der Waals surface area contributed by atoms with Crippen LogP contribution in [0, 0.1) is 0 Å². The average molecular weight is 318 g/mol. The summed E-state index contributed by atoms with van der Waals surface area (Å²) in [7, 11) is 0. The van der Waals surface area contributed by atoms with Crippen molar-refractivity contribution in [3.8, 4) is 11.5 Å². The van der Waals surface area contributed by atoms with E-state index in [1.807, 2.05) is 36.4 Å². The number of nitrogens with zero attached hydrogens (tertiary/aromatic N) is 3. The Balaban J connectivity index is 2.01. The van der Waals surface area contributed by atoms with Gasteiger partial charge in [0.15, 0.2) is 0 Å². The van der Waals surface area contributed by atoms with Crippen molar-refractivity contribution in [2.75, 3.05) is 0 Å². The molecule has 0 saturated heterocycles. The van der Waals surface area contributed by atoms with E-state index in [2.05, 4.69) is 38.0 Å². The summed E-state index contributed by atoms with van der Waals surface area (Å²) in [4.78, 5) is 9.01. The maximum Gasteiger partial charge on any atom is 0.240 e. The first kappa shape index (κ1) is 12.3. The highest BCUT2D eigenvalue weighted by Crippen LogP contribution is 2.26. The lowest BCUT2D eigenvalue weighted by molar-refractivity contribution is 0.377. The lowest BCUT2D eigenvalue weighted by Crippen LogP contribution is -1.89. The molecule has 0 spiro atoms. The van der Waals surface area contributed by atoms with Crippen molar-refractivity contribution in [2.24, 2.45) is 0 Å². The normalized spacial score (nSPS) is 12.7. The number of rotatable bonds is 3. The van der Waals surface area contributed by atoms with Gasteiger partial charge in [0.05, 0.1) is 10.3 Å². The molecule has 0 N–H and O–H groups in total. The first-order chi connectivity index (χ1) is 9.28. The third-order valence-electron chi connectivity index (χ3n) is 2.90. The van der Waals surface area contributed by atoms with Crippen molar-refractivity contribution in [1.29, 1.82) is 0 Å². The Kier molecular flexibility index (Phi) is 3.29. The van der Waals surface area contributed by atoms with Crippen LogP contribution in [0.5, 0.6) is 0 Å². The molecule has 0 aliphatic carbocycles. The minimum absolute atomic E-state index is 0.0919. The SMILES string of the molecule is CCC(Br)c1nc(-c2ccc3ccccc3n2)no1. The van der Waals surface area contributed by atoms with E-state index < -0.39 is 0 Å². The molecule has 1 atom stereocenters. The number of hydrogen-bond donors (Lipinski definition) is 0. The Morgan fingerprint density at radius 3 is 2.84 bits per heavy atom. The van der Waals surface area contributed by atoms with Gasteiger partial charge in [-0.15, -0.1) is 0 Å². The monoisotopic (exact) mass is 317 g/mol. The Hall–Kier alpha value is -1.75. The summed E-state index contributed by atoms with van der Waals surface area (Å²) >= 11 is 3.49. The Morgan fingerprint density at radius 1 is 1.16 bits per heavy atom. The van der Waals surface area contributed by atoms with Crippen molar-refractivity contribution < 1.29 is 4.52 Å². The molecule has 4 nitrogen and oxygen atoms in total. The number of para-hydroxylation sites is 1. The van der Waals surface area contributed by atoms with Crippen molar-refractivity contribution in [1.82, 2.24) is 15.1 Å². The molecule has 0 aliphatic rings. The molecule has 19 heavy (non-hydrogen) atoms. The van der Waals surface area contributed by atoms with Gasteiger partial charge in [0, 0.05) is 5.39 Å². The molecule has 5 heteroatoms. The maximum atomic E-state index is 5.24. The number of alkyl halides is 1. The van der Waals surface area contributed by atoms with Crippen molar-refractivity contribution in [3.63, 3.8) is 0 Å². The Bertz CT molecular complexity index is 710. The topological polar surface area (TPSA) is 51.8 Å². The van der Waals surface area contributed by atoms with Crippen LogP contribution in [0.1, 0.15) is 24.1 Å². The zero-order chi connectivity index (χ0) is 13.2. The fourth-order valence-corrected chi connectivity index (χ4v) is 2.02. The van der Waals surface area contributed by atoms with Crippen LogP contribution in [0.4, 0.5) is 0 Å². The smallest absolute Gasteiger partial charge is 0.240 e. The van der Waals surface area contributed by atoms with E-state index in [1.165, 1.54) is 0 Å². The summed E-state index contributed by atoms with van der Waals surface area (Å²) in [6.45, 7) is 2.05. The van der Waals surface area contributed by atoms with E-state index >= 15 is 0 Å². The molecule has 1 unspecified atom stereocenters. The molecule has 0 bridgehead atoms. The lowest BCUT2D eigenvalue weighted by atomic mass is 10.2. The number of pyridine rings is 1. The van der Waals surface area contributed by atoms with Crippen LogP contribution in [-0.4, -0.2) is 15.1 Å². The third-order valence-corrected chi connectivity index (χ3v) is 3.93. The van der Waals surface area contributed by atoms with E-state index in [9.17, 15) is 0 Å². The average Bonchev–Trinajstić information content (AvgIpc) is 2.95. The van der Waals surface area contributed by atoms with Gasteiger partial charge in [-0.25, -0.2) is 4.98 Å². The summed E-state index contributed by atoms with van der Waals surface area (Å²) in [5.74, 6) is 1.12. The third kappa shape index (κ3) is 2.38. The quantitative estimate of drug-likeness (QED) is 0.681. The predicted molar refractivity (Wildman–Crippen MR) is 77.0 cm³/mol. The molecule has 0 saturated carbocycles. The standard InChI is InChI=1S/C14H12BrN3O/c1-2-10(15)14-17-13(18-19-14)12-8-7-9-5-3-4-6-11(9)16-12/h3-8,10H,2H2,1H3. The van der Waals surface area contributed by atoms with E-state index in [4.69, 9.17) is 4.52 Å². The Labute approximate surface area is 119 Å². The zero-order valence-electron chi connectivity index (χ0n) is 10.4. The molecule has 0 fully saturated rings. The molecule has 96 valence electrons. The van der Waals surface area contributed by atoms with Gasteiger partial charge >= 0.3 is 0 Å². The van der Waals surface area contributed by atoms with Crippen LogP contribution in [0.2, 0.25) is 0 Å². The second-order valence-electron chi connectivity index (χ2n) is 4.22. The molecule has 2 heterocycles. The van der Waals surface area contributed by atoms with Gasteiger partial charge < -0.3 is 4.52 Å². The molecular formula is C14H12BrN3O. The molecule has 0 amide bonds. The van der Waals surface area contributed by atoms with Crippen LogP contribution in [0.3, 0.4) is 0 Å². The molecule has 3 aromatic rings. The summed E-state index contributed by atoms with van der Waals surface area (Å²) in [6.07, 6.45) is 0.896. The van der Waals surface area contributed by atoms with Crippen LogP contribution < -0.4 is 0 Å². The van der Waals surface area contributed by atoms with Crippen molar-refractivity contribution in [3.05, 3.63) is 42.3 Å². The minimum Gasteiger partial charge on any atom is -0.338 e. The van der Waals surface area contributed by atoms with Crippen LogP contribution >= 0.6 is 15.9 Å². The highest BCUT2D eigenvalue weighted by molar-refractivity contribution is 9.09. The molecule has 0 radical (unpaired) electrons.